The molecule has 0 bridgehead atoms. The van der Waals surface area contributed by atoms with Crippen molar-refractivity contribution in [1.82, 2.24) is 0 Å². The summed E-state index contributed by atoms with van der Waals surface area (Å²) in [5, 5.41) is 0. The van der Waals surface area contributed by atoms with E-state index in [1.54, 1.807) is 6.26 Å². The minimum absolute atomic E-state index is 0.0837. The third-order valence-corrected chi connectivity index (χ3v) is 6.93. The van der Waals surface area contributed by atoms with Gasteiger partial charge in [0.15, 0.2) is 0 Å². The Morgan fingerprint density at radius 2 is 1.31 bits per heavy atom. The molecule has 2 atom stereocenters. The molecule has 0 aromatic carbocycles. The molecule has 8 heteroatoms. The predicted octanol–water partition coefficient (Wildman–Crippen LogP) is 6.61. The average molecular weight is 522 g/mol. The molecule has 0 fully saturated rings. The van der Waals surface area contributed by atoms with Gasteiger partial charge in [0.2, 0.25) is 0 Å². The van der Waals surface area contributed by atoms with Crippen molar-refractivity contribution < 1.29 is 32.5 Å². The van der Waals surface area contributed by atoms with Gasteiger partial charge in [-0.25, -0.2) is 0 Å². The summed E-state index contributed by atoms with van der Waals surface area (Å²) in [6.07, 6.45) is 23.2. The summed E-state index contributed by atoms with van der Waals surface area (Å²) in [7, 11) is 3.06. The third-order valence-electron chi connectivity index (χ3n) is 5.96. The van der Waals surface area contributed by atoms with Gasteiger partial charge in [-0.3, -0.25) is 4.57 Å². The van der Waals surface area contributed by atoms with Crippen LogP contribution in [-0.2, 0) is 23.1 Å². The maximum atomic E-state index is 11.8. The molecular formula is C27H56NO6P. The normalized spacial score (nSPS) is 14.9. The molecule has 0 spiro atoms. The summed E-state index contributed by atoms with van der Waals surface area (Å²) in [6.45, 7) is 3.02. The number of hydrogen-bond donors (Lipinski definition) is 0. The largest absolute Gasteiger partial charge is 0.756 e. The zero-order valence-corrected chi connectivity index (χ0v) is 24.4. The van der Waals surface area contributed by atoms with Crippen molar-refractivity contribution in [2.75, 3.05) is 54.6 Å². The molecule has 1 unspecified atom stereocenters. The predicted molar refractivity (Wildman–Crippen MR) is 143 cm³/mol. The van der Waals surface area contributed by atoms with E-state index in [1.165, 1.54) is 97.0 Å². The Hall–Kier alpha value is -0.430. The average Bonchev–Trinajstić information content (AvgIpc) is 2.79. The van der Waals surface area contributed by atoms with Crippen molar-refractivity contribution in [2.45, 2.75) is 109 Å². The van der Waals surface area contributed by atoms with Gasteiger partial charge in [0.05, 0.1) is 34.0 Å². The molecule has 0 aliphatic carbocycles. The number of likely N-dealkylation sites (N-methyl/N-ethyl adjacent to an activating group) is 1. The van der Waals surface area contributed by atoms with E-state index in [1.807, 2.05) is 27.2 Å². The quantitative estimate of drug-likeness (QED) is 0.0552. The number of hydrogen-bond acceptors (Lipinski definition) is 6. The van der Waals surface area contributed by atoms with Gasteiger partial charge in [-0.05, 0) is 18.9 Å². The molecule has 0 heterocycles. The van der Waals surface area contributed by atoms with Gasteiger partial charge in [0.25, 0.3) is 7.82 Å². The van der Waals surface area contributed by atoms with Crippen LogP contribution < -0.4 is 4.89 Å². The number of unbranched alkanes of at least 4 members (excludes halogenated alkanes) is 14. The van der Waals surface area contributed by atoms with E-state index in [0.29, 0.717) is 11.0 Å². The first-order chi connectivity index (χ1) is 16.7. The minimum Gasteiger partial charge on any atom is -0.756 e. The van der Waals surface area contributed by atoms with Gasteiger partial charge >= 0.3 is 0 Å². The molecule has 0 saturated heterocycles. The Morgan fingerprint density at radius 3 is 1.80 bits per heavy atom. The van der Waals surface area contributed by atoms with Crippen molar-refractivity contribution in [3.63, 3.8) is 0 Å². The Kier molecular flexibility index (Phi) is 22.5. The van der Waals surface area contributed by atoms with Crippen LogP contribution in [0.1, 0.15) is 103 Å². The van der Waals surface area contributed by atoms with E-state index in [2.05, 4.69) is 6.92 Å². The molecule has 0 aromatic heterocycles. The molecule has 210 valence electrons. The molecule has 35 heavy (non-hydrogen) atoms. The highest BCUT2D eigenvalue weighted by Gasteiger charge is 2.16. The molecular weight excluding hydrogens is 465 g/mol. The molecule has 0 aliphatic heterocycles. The van der Waals surface area contributed by atoms with E-state index in [0.717, 1.165) is 6.42 Å². The molecule has 0 saturated carbocycles. The van der Waals surface area contributed by atoms with Crippen LogP contribution in [0.4, 0.5) is 0 Å². The molecule has 0 aromatic rings. The van der Waals surface area contributed by atoms with Crippen LogP contribution in [0.5, 0.6) is 0 Å². The van der Waals surface area contributed by atoms with E-state index >= 15 is 0 Å². The lowest BCUT2D eigenvalue weighted by atomic mass is 10.0. The summed E-state index contributed by atoms with van der Waals surface area (Å²) in [6, 6.07) is 0. The first kappa shape index (κ1) is 34.6. The lowest BCUT2D eigenvalue weighted by molar-refractivity contribution is -0.870. The van der Waals surface area contributed by atoms with Crippen molar-refractivity contribution in [1.29, 1.82) is 0 Å². The number of phosphoric ester groups is 1. The second kappa shape index (κ2) is 22.7. The van der Waals surface area contributed by atoms with Gasteiger partial charge in [0, 0.05) is 7.11 Å². The van der Waals surface area contributed by atoms with Crippen molar-refractivity contribution in [3.05, 3.63) is 12.3 Å². The van der Waals surface area contributed by atoms with Crippen LogP contribution in [-0.4, -0.2) is 65.2 Å². The molecule has 0 aliphatic rings. The summed E-state index contributed by atoms with van der Waals surface area (Å²) in [4.78, 5) is 11.8. The summed E-state index contributed by atoms with van der Waals surface area (Å²) in [5.41, 5.74) is 0. The highest BCUT2D eigenvalue weighted by molar-refractivity contribution is 7.45. The number of quaternary nitrogens is 1. The molecule has 0 N–H and O–H groups in total. The Balaban J connectivity index is 3.58. The highest BCUT2D eigenvalue weighted by atomic mass is 31.2. The molecule has 0 amide bonds. The Morgan fingerprint density at radius 1 is 0.800 bits per heavy atom. The van der Waals surface area contributed by atoms with Gasteiger partial charge in [-0.15, -0.1) is 0 Å². The third kappa shape index (κ3) is 26.4. The standard InChI is InChI=1S/C27H56NO6P/c1-6-7-8-9-10-11-12-13-14-15-16-17-18-19-20-21-23-32-25-27(31-5)26-34-35(29,30)33-24-22-28(2,3)4/h21,23,27H,6-20,22,24-26H2,1-5H3/b23-21-/t27-/m1/s1. The van der Waals surface area contributed by atoms with Crippen LogP contribution >= 0.6 is 7.82 Å². The number of ether oxygens (including phenoxy) is 2. The monoisotopic (exact) mass is 521 g/mol. The first-order valence-electron chi connectivity index (χ1n) is 13.9. The maximum Gasteiger partial charge on any atom is 0.268 e. The molecule has 7 nitrogen and oxygen atoms in total. The highest BCUT2D eigenvalue weighted by Crippen LogP contribution is 2.38. The van der Waals surface area contributed by atoms with Gasteiger partial charge in [-0.2, -0.15) is 0 Å². The second-order valence-corrected chi connectivity index (χ2v) is 11.9. The van der Waals surface area contributed by atoms with Crippen LogP contribution in [0.25, 0.3) is 0 Å². The van der Waals surface area contributed by atoms with Crippen LogP contribution in [0.2, 0.25) is 0 Å². The summed E-state index contributed by atoms with van der Waals surface area (Å²) < 4.78 is 33.0. The van der Waals surface area contributed by atoms with E-state index in [9.17, 15) is 9.46 Å². The fraction of sp³-hybridized carbons (Fsp3) is 0.926. The smallest absolute Gasteiger partial charge is 0.268 e. The van der Waals surface area contributed by atoms with Gasteiger partial charge in [-0.1, -0.05) is 90.4 Å². The van der Waals surface area contributed by atoms with E-state index in [4.69, 9.17) is 18.5 Å². The Bertz CT molecular complexity index is 538. The van der Waals surface area contributed by atoms with E-state index < -0.39 is 13.9 Å². The van der Waals surface area contributed by atoms with E-state index in [-0.39, 0.29) is 19.8 Å². The zero-order valence-electron chi connectivity index (χ0n) is 23.5. The van der Waals surface area contributed by atoms with Crippen molar-refractivity contribution >= 4 is 7.82 Å². The van der Waals surface area contributed by atoms with Crippen LogP contribution in [0.3, 0.4) is 0 Å². The van der Waals surface area contributed by atoms with Gasteiger partial charge < -0.3 is 27.9 Å². The second-order valence-electron chi connectivity index (χ2n) is 10.5. The number of phosphoric acid groups is 1. The summed E-state index contributed by atoms with van der Waals surface area (Å²) in [5.74, 6) is 0. The van der Waals surface area contributed by atoms with Crippen LogP contribution in [0.15, 0.2) is 12.3 Å². The van der Waals surface area contributed by atoms with Crippen LogP contribution in [0, 0.1) is 0 Å². The van der Waals surface area contributed by atoms with Crippen molar-refractivity contribution in [2.24, 2.45) is 0 Å². The minimum atomic E-state index is -4.34. The molecule has 0 rings (SSSR count). The SMILES string of the molecule is CCCCCCCCCCCCCCCC/C=C\OC[C@H](COP(=O)([O-])OCC[N+](C)(C)C)OC. The topological polar surface area (TPSA) is 77.1 Å². The fourth-order valence-corrected chi connectivity index (χ4v) is 4.31. The number of methoxy groups -OCH3 is 1. The maximum absolute atomic E-state index is 11.8. The number of allylic oxidation sites excluding steroid dienone is 1. The first-order valence-corrected chi connectivity index (χ1v) is 15.4. The number of nitrogens with zero attached hydrogens (tertiary/aromatic N) is 1. The molecule has 0 radical (unpaired) electrons. The summed E-state index contributed by atoms with van der Waals surface area (Å²) >= 11 is 0. The zero-order chi connectivity index (χ0) is 26.3. The van der Waals surface area contributed by atoms with Gasteiger partial charge in [0.1, 0.15) is 25.9 Å². The van der Waals surface area contributed by atoms with Crippen molar-refractivity contribution in [3.8, 4) is 0 Å². The Labute approximate surface area is 216 Å². The number of rotatable bonds is 26. The fourth-order valence-electron chi connectivity index (χ4n) is 3.58. The lowest BCUT2D eigenvalue weighted by Gasteiger charge is -2.28. The lowest BCUT2D eigenvalue weighted by Crippen LogP contribution is -2.37.